The molecule has 94 valence electrons. The van der Waals surface area contributed by atoms with Gasteiger partial charge in [0.2, 0.25) is 0 Å². The van der Waals surface area contributed by atoms with Gasteiger partial charge in [0.1, 0.15) is 0 Å². The normalized spacial score (nSPS) is 20.4. The van der Waals surface area contributed by atoms with Crippen molar-refractivity contribution >= 4 is 11.6 Å². The average molecular weight is 253 g/mol. The molecule has 1 N–H and O–H groups in total. The third-order valence-corrected chi connectivity index (χ3v) is 3.77. The molecular weight excluding hydrogens is 232 g/mol. The summed E-state index contributed by atoms with van der Waals surface area (Å²) in [5.74, 6) is 0. The number of nitrogens with zero attached hydrogens (tertiary/aromatic N) is 1. The molecule has 3 heteroatoms. The van der Waals surface area contributed by atoms with Gasteiger partial charge >= 0.3 is 0 Å². The molecule has 1 aliphatic heterocycles. The summed E-state index contributed by atoms with van der Waals surface area (Å²) in [7, 11) is 0. The van der Waals surface area contributed by atoms with E-state index < -0.39 is 0 Å². The summed E-state index contributed by atoms with van der Waals surface area (Å²) < 4.78 is 0. The largest absolute Gasteiger partial charge is 0.314 e. The van der Waals surface area contributed by atoms with E-state index in [9.17, 15) is 0 Å². The second-order valence-electron chi connectivity index (χ2n) is 5.36. The van der Waals surface area contributed by atoms with Crippen LogP contribution in [-0.2, 0) is 6.42 Å². The Kier molecular flexibility index (Phi) is 4.08. The minimum Gasteiger partial charge on any atom is -0.314 e. The summed E-state index contributed by atoms with van der Waals surface area (Å²) in [5, 5.41) is 4.28. The standard InChI is InChI=1S/C14H21ClN2/c1-14(2)11-16-7-9-17(14)8-6-12-4-3-5-13(15)10-12/h3-5,10,16H,6-9,11H2,1-2H3. The summed E-state index contributed by atoms with van der Waals surface area (Å²) in [6.45, 7) is 9.01. The van der Waals surface area contributed by atoms with Gasteiger partial charge < -0.3 is 5.32 Å². The van der Waals surface area contributed by atoms with Gasteiger partial charge in [0.15, 0.2) is 0 Å². The molecule has 0 amide bonds. The van der Waals surface area contributed by atoms with Crippen LogP contribution >= 0.6 is 11.6 Å². The highest BCUT2D eigenvalue weighted by atomic mass is 35.5. The van der Waals surface area contributed by atoms with Gasteiger partial charge in [-0.25, -0.2) is 0 Å². The number of hydrogen-bond acceptors (Lipinski definition) is 2. The van der Waals surface area contributed by atoms with Crippen LogP contribution < -0.4 is 5.32 Å². The Morgan fingerprint density at radius 2 is 2.24 bits per heavy atom. The Morgan fingerprint density at radius 3 is 2.94 bits per heavy atom. The summed E-state index contributed by atoms with van der Waals surface area (Å²) in [5.41, 5.74) is 1.59. The molecule has 1 saturated heterocycles. The number of nitrogens with one attached hydrogen (secondary N) is 1. The first-order chi connectivity index (χ1) is 8.08. The Hall–Kier alpha value is -0.570. The van der Waals surface area contributed by atoms with Crippen molar-refractivity contribution in [2.24, 2.45) is 0 Å². The number of hydrogen-bond donors (Lipinski definition) is 1. The van der Waals surface area contributed by atoms with Gasteiger partial charge in [-0.2, -0.15) is 0 Å². The molecule has 0 unspecified atom stereocenters. The Balaban J connectivity index is 1.93. The van der Waals surface area contributed by atoms with E-state index in [2.05, 4.69) is 36.2 Å². The Bertz CT molecular complexity index is 376. The van der Waals surface area contributed by atoms with E-state index in [-0.39, 0.29) is 5.54 Å². The molecule has 17 heavy (non-hydrogen) atoms. The highest BCUT2D eigenvalue weighted by molar-refractivity contribution is 6.30. The topological polar surface area (TPSA) is 15.3 Å². The molecule has 1 aliphatic rings. The molecule has 0 aromatic heterocycles. The number of halogens is 1. The van der Waals surface area contributed by atoms with E-state index in [4.69, 9.17) is 11.6 Å². The molecule has 0 radical (unpaired) electrons. The van der Waals surface area contributed by atoms with Gasteiger partial charge in [-0.15, -0.1) is 0 Å². The molecule has 2 rings (SSSR count). The SMILES string of the molecule is CC1(C)CNCCN1CCc1cccc(Cl)c1. The van der Waals surface area contributed by atoms with Gasteiger partial charge in [0.05, 0.1) is 0 Å². The summed E-state index contributed by atoms with van der Waals surface area (Å²) in [6.07, 6.45) is 1.07. The van der Waals surface area contributed by atoms with Crippen LogP contribution in [0.5, 0.6) is 0 Å². The fraction of sp³-hybridized carbons (Fsp3) is 0.571. The minimum absolute atomic E-state index is 0.261. The number of benzene rings is 1. The van der Waals surface area contributed by atoms with Crippen LogP contribution in [0.25, 0.3) is 0 Å². The van der Waals surface area contributed by atoms with Crippen molar-refractivity contribution in [3.63, 3.8) is 0 Å². The first-order valence-electron chi connectivity index (χ1n) is 6.28. The molecule has 1 aromatic rings. The molecule has 0 bridgehead atoms. The van der Waals surface area contributed by atoms with E-state index in [1.165, 1.54) is 5.56 Å². The van der Waals surface area contributed by atoms with Crippen LogP contribution in [-0.4, -0.2) is 36.6 Å². The van der Waals surface area contributed by atoms with Gasteiger partial charge in [0, 0.05) is 36.7 Å². The molecule has 0 aliphatic carbocycles. The van der Waals surface area contributed by atoms with Crippen LogP contribution in [0.3, 0.4) is 0 Å². The Morgan fingerprint density at radius 1 is 1.41 bits per heavy atom. The van der Waals surface area contributed by atoms with E-state index in [1.54, 1.807) is 0 Å². The van der Waals surface area contributed by atoms with Gasteiger partial charge in [-0.1, -0.05) is 23.7 Å². The molecule has 0 saturated carbocycles. The molecule has 1 fully saturated rings. The third-order valence-electron chi connectivity index (χ3n) is 3.53. The predicted octanol–water partition coefficient (Wildman–Crippen LogP) is 2.57. The first kappa shape index (κ1) is 12.9. The van der Waals surface area contributed by atoms with Gasteiger partial charge in [-0.05, 0) is 38.0 Å². The van der Waals surface area contributed by atoms with E-state index >= 15 is 0 Å². The van der Waals surface area contributed by atoms with E-state index in [1.807, 2.05) is 12.1 Å². The zero-order valence-electron chi connectivity index (χ0n) is 10.7. The van der Waals surface area contributed by atoms with E-state index in [0.29, 0.717) is 0 Å². The maximum Gasteiger partial charge on any atom is 0.0408 e. The first-order valence-corrected chi connectivity index (χ1v) is 6.66. The highest BCUT2D eigenvalue weighted by Crippen LogP contribution is 2.17. The second kappa shape index (κ2) is 5.38. The van der Waals surface area contributed by atoms with Crippen LogP contribution in [0.1, 0.15) is 19.4 Å². The zero-order chi connectivity index (χ0) is 12.3. The molecule has 0 spiro atoms. The Labute approximate surface area is 109 Å². The lowest BCUT2D eigenvalue weighted by Crippen LogP contribution is -2.58. The van der Waals surface area contributed by atoms with Crippen molar-refractivity contribution in [1.82, 2.24) is 10.2 Å². The van der Waals surface area contributed by atoms with Crippen molar-refractivity contribution in [2.75, 3.05) is 26.2 Å². The van der Waals surface area contributed by atoms with Crippen molar-refractivity contribution < 1.29 is 0 Å². The zero-order valence-corrected chi connectivity index (χ0v) is 11.4. The fourth-order valence-electron chi connectivity index (χ4n) is 2.39. The van der Waals surface area contributed by atoms with Crippen molar-refractivity contribution in [2.45, 2.75) is 25.8 Å². The van der Waals surface area contributed by atoms with E-state index in [0.717, 1.165) is 37.6 Å². The van der Waals surface area contributed by atoms with Crippen LogP contribution in [0.2, 0.25) is 5.02 Å². The lowest BCUT2D eigenvalue weighted by Gasteiger charge is -2.43. The summed E-state index contributed by atoms with van der Waals surface area (Å²) >= 11 is 6.00. The maximum absolute atomic E-state index is 6.00. The van der Waals surface area contributed by atoms with Crippen LogP contribution in [0.15, 0.2) is 24.3 Å². The smallest absolute Gasteiger partial charge is 0.0408 e. The quantitative estimate of drug-likeness (QED) is 0.890. The molecule has 1 heterocycles. The monoisotopic (exact) mass is 252 g/mol. The van der Waals surface area contributed by atoms with Crippen molar-refractivity contribution in [3.05, 3.63) is 34.9 Å². The fourth-order valence-corrected chi connectivity index (χ4v) is 2.61. The highest BCUT2D eigenvalue weighted by Gasteiger charge is 2.28. The van der Waals surface area contributed by atoms with Gasteiger partial charge in [0.25, 0.3) is 0 Å². The maximum atomic E-state index is 6.00. The summed E-state index contributed by atoms with van der Waals surface area (Å²) in [4.78, 5) is 2.56. The molecule has 2 nitrogen and oxygen atoms in total. The molecular formula is C14H21ClN2. The number of piperazine rings is 1. The predicted molar refractivity (Wildman–Crippen MR) is 73.7 cm³/mol. The second-order valence-corrected chi connectivity index (χ2v) is 5.79. The third kappa shape index (κ3) is 3.44. The van der Waals surface area contributed by atoms with Crippen molar-refractivity contribution in [3.8, 4) is 0 Å². The average Bonchev–Trinajstić information content (AvgIpc) is 2.27. The van der Waals surface area contributed by atoms with Crippen LogP contribution in [0, 0.1) is 0 Å². The molecule has 1 aromatic carbocycles. The van der Waals surface area contributed by atoms with Gasteiger partial charge in [-0.3, -0.25) is 4.90 Å². The lowest BCUT2D eigenvalue weighted by atomic mass is 9.99. The number of rotatable bonds is 3. The van der Waals surface area contributed by atoms with Crippen molar-refractivity contribution in [1.29, 1.82) is 0 Å². The molecule has 0 atom stereocenters. The van der Waals surface area contributed by atoms with Crippen LogP contribution in [0.4, 0.5) is 0 Å². The lowest BCUT2D eigenvalue weighted by molar-refractivity contribution is 0.0921. The summed E-state index contributed by atoms with van der Waals surface area (Å²) in [6, 6.07) is 8.18. The minimum atomic E-state index is 0.261.